The number of aliphatic carboxylic acids is 1. The quantitative estimate of drug-likeness (QED) is 0.0195. The summed E-state index contributed by atoms with van der Waals surface area (Å²) in [5, 5.41) is 20.0. The molecule has 5 aliphatic heterocycles. The second kappa shape index (κ2) is 48.3. The van der Waals surface area contributed by atoms with Crippen LogP contribution in [0.5, 0.6) is 17.2 Å². The molecule has 6 aromatic carbocycles. The summed E-state index contributed by atoms with van der Waals surface area (Å²) in [6.07, 6.45) is 2.06. The molecular weight excluding hydrogens is 1540 g/mol. The predicted molar refractivity (Wildman–Crippen MR) is 460 cm³/mol. The van der Waals surface area contributed by atoms with Gasteiger partial charge in [-0.2, -0.15) is 0 Å². The molecule has 27 heteroatoms. The van der Waals surface area contributed by atoms with Crippen LogP contribution < -0.4 is 41.2 Å². The zero-order valence-electron chi connectivity index (χ0n) is 71.5. The van der Waals surface area contributed by atoms with Crippen LogP contribution in [0.25, 0.3) is 0 Å². The first-order chi connectivity index (χ1) is 57.4. The number of ether oxygens (including phenoxy) is 8. The molecule has 5 saturated heterocycles. The van der Waals surface area contributed by atoms with Crippen molar-refractivity contribution in [3.05, 3.63) is 197 Å². The van der Waals surface area contributed by atoms with Crippen molar-refractivity contribution in [2.45, 2.75) is 168 Å². The van der Waals surface area contributed by atoms with Gasteiger partial charge in [-0.1, -0.05) is 156 Å². The number of carboxylic acid groups (broad SMARTS) is 1. The minimum absolute atomic E-state index is 0. The first-order valence-electron chi connectivity index (χ1n) is 41.3. The molecule has 27 nitrogen and oxygen atoms in total. The van der Waals surface area contributed by atoms with Crippen LogP contribution in [-0.2, 0) is 115 Å². The Morgan fingerprint density at radius 2 is 0.692 bits per heavy atom. The van der Waals surface area contributed by atoms with E-state index in [4.69, 9.17) is 51.7 Å². The Balaban J connectivity index is 0.000000360. The van der Waals surface area contributed by atoms with Crippen LogP contribution in [0.4, 0.5) is 0 Å². The molecule has 0 spiro atoms. The van der Waals surface area contributed by atoms with Crippen molar-refractivity contribution in [3.63, 3.8) is 0 Å². The highest BCUT2D eigenvalue weighted by molar-refractivity contribution is 6.00. The van der Waals surface area contributed by atoms with Crippen molar-refractivity contribution < 1.29 is 100 Å². The van der Waals surface area contributed by atoms with Gasteiger partial charge in [-0.15, -0.1) is 0 Å². The molecule has 0 radical (unpaired) electrons. The molecule has 5 heterocycles. The molecule has 11 atom stereocenters. The number of ketones is 6. The number of nitrogens with two attached hydrogens (primary N) is 1. The Morgan fingerprint density at radius 1 is 0.417 bits per heavy atom. The van der Waals surface area contributed by atoms with Crippen LogP contribution in [-0.4, -0.2) is 233 Å². The van der Waals surface area contributed by atoms with Crippen molar-refractivity contribution in [1.29, 1.82) is 0 Å². The highest BCUT2D eigenvalue weighted by Gasteiger charge is 2.52. The highest BCUT2D eigenvalue weighted by Crippen LogP contribution is 2.33. The zero-order valence-corrected chi connectivity index (χ0v) is 69.5. The SMILES string of the molecule is C.C.COc1ccc(C[C@H](CC(=O)C(C)C)C(=O)N[C@@H](Cc2ccccc2)C(=O)[C@@]2(C)CO2)cc1.COc1ccc(C[C@H](CC(=O)[C@H](C)N)C(=O)N[C@@H](Cc2ccccc2)C(=O)[C@@]2(C)CO2)cc1.COc1ccc(C[C@H](CC(=O)[C@H](C)NC(=O)CN2CCOCC2)C(=O)N[C@@H](Cc2ccccc2)C(=O)[C@@]2(C)CO2)cc1.O=C(O)CN1CCOCC1.[2HH].[2H][2H]. The molecule has 4 amide bonds. The first kappa shape index (κ1) is 96.9. The van der Waals surface area contributed by atoms with Crippen molar-refractivity contribution in [2.75, 3.05) is 107 Å². The van der Waals surface area contributed by atoms with Gasteiger partial charge < -0.3 is 70.0 Å². The molecule has 0 bridgehead atoms. The second-order valence-corrected chi connectivity index (χ2v) is 31.6. The van der Waals surface area contributed by atoms with Crippen LogP contribution in [0.2, 0.25) is 0 Å². The molecule has 7 N–H and O–H groups in total. The lowest BCUT2D eigenvalue weighted by atomic mass is 9.89. The van der Waals surface area contributed by atoms with E-state index in [1.165, 1.54) is 0 Å². The number of morpholine rings is 2. The normalized spacial score (nSPS) is 19.6. The largest absolute Gasteiger partial charge is 0.497 e. The number of nitrogens with zero attached hydrogens (tertiary/aromatic N) is 2. The topological polar surface area (TPSA) is 372 Å². The Hall–Kier alpha value is -10.2. The number of epoxide rings is 3. The number of hydrogen-bond acceptors (Lipinski definition) is 22. The maximum atomic E-state index is 13.8. The monoisotopic (exact) mass is 1670 g/mol. The summed E-state index contributed by atoms with van der Waals surface area (Å²) in [6, 6.07) is 46.9. The lowest BCUT2D eigenvalue weighted by Crippen LogP contribution is -2.50. The third-order valence-corrected chi connectivity index (χ3v) is 21.4. The van der Waals surface area contributed by atoms with Gasteiger partial charge >= 0.3 is 5.97 Å². The number of carbonyl (C=O) groups excluding carboxylic acids is 10. The smallest absolute Gasteiger partial charge is 0.317 e. The van der Waals surface area contributed by atoms with Gasteiger partial charge in [0.2, 0.25) is 23.6 Å². The number of nitrogens with one attached hydrogen (secondary N) is 4. The van der Waals surface area contributed by atoms with E-state index in [9.17, 15) is 52.7 Å². The summed E-state index contributed by atoms with van der Waals surface area (Å²) in [4.78, 5) is 145. The van der Waals surface area contributed by atoms with Crippen LogP contribution >= 0.6 is 0 Å². The Bertz CT molecular complexity index is 4120. The van der Waals surface area contributed by atoms with E-state index in [2.05, 4.69) is 21.3 Å². The minimum Gasteiger partial charge on any atom is -0.497 e. The van der Waals surface area contributed by atoms with Gasteiger partial charge in [0.25, 0.3) is 0 Å². The summed E-state index contributed by atoms with van der Waals surface area (Å²) in [5.74, 6) is -3.05. The number of benzene rings is 6. The maximum absolute atomic E-state index is 13.8. The number of rotatable bonds is 41. The summed E-state index contributed by atoms with van der Waals surface area (Å²) in [5.41, 5.74) is 8.55. The van der Waals surface area contributed by atoms with Gasteiger partial charge in [0.15, 0.2) is 23.1 Å². The van der Waals surface area contributed by atoms with Crippen LogP contribution in [0.15, 0.2) is 164 Å². The fourth-order valence-corrected chi connectivity index (χ4v) is 13.4. The van der Waals surface area contributed by atoms with E-state index in [0.29, 0.717) is 103 Å². The Morgan fingerprint density at radius 3 is 0.958 bits per heavy atom. The van der Waals surface area contributed by atoms with Gasteiger partial charge in [0.1, 0.15) is 45.6 Å². The molecule has 0 saturated carbocycles. The van der Waals surface area contributed by atoms with E-state index in [1.54, 1.807) is 68.1 Å². The highest BCUT2D eigenvalue weighted by atomic mass is 16.6. The molecule has 120 heavy (non-hydrogen) atoms. The predicted octanol–water partition coefficient (Wildman–Crippen LogP) is 8.70. The van der Waals surface area contributed by atoms with Gasteiger partial charge in [-0.3, -0.25) is 62.5 Å². The number of methoxy groups -OCH3 is 3. The summed E-state index contributed by atoms with van der Waals surface area (Å²) < 4.78 is 52.1. The molecular formula is C93H129N7O20. The van der Waals surface area contributed by atoms with Gasteiger partial charge in [0.05, 0.1) is 111 Å². The average Bonchev–Trinajstić information content (AvgIpc) is 1.63. The van der Waals surface area contributed by atoms with E-state index >= 15 is 0 Å². The summed E-state index contributed by atoms with van der Waals surface area (Å²) in [6.45, 7) is 18.7. The van der Waals surface area contributed by atoms with Crippen molar-refractivity contribution in [2.24, 2.45) is 29.4 Å². The lowest BCUT2D eigenvalue weighted by molar-refractivity contribution is -0.139. The maximum Gasteiger partial charge on any atom is 0.317 e. The van der Waals surface area contributed by atoms with Gasteiger partial charge in [0, 0.05) is 73.5 Å². The van der Waals surface area contributed by atoms with Crippen molar-refractivity contribution in [1.82, 2.24) is 31.1 Å². The number of Topliss-reactive ketones (excluding diaryl/α,β-unsaturated/α-hetero) is 6. The van der Waals surface area contributed by atoms with Crippen LogP contribution in [0, 0.1) is 23.7 Å². The van der Waals surface area contributed by atoms with E-state index in [0.717, 1.165) is 52.2 Å². The second-order valence-electron chi connectivity index (χ2n) is 31.6. The van der Waals surface area contributed by atoms with Crippen LogP contribution in [0.3, 0.4) is 0 Å². The molecule has 656 valence electrons. The number of hydrogen-bond donors (Lipinski definition) is 6. The molecule has 5 aliphatic rings. The fourth-order valence-electron chi connectivity index (χ4n) is 13.4. The molecule has 6 aromatic rings. The average molecular weight is 1670 g/mol. The van der Waals surface area contributed by atoms with Gasteiger partial charge in [-0.05, 0) is 143 Å². The van der Waals surface area contributed by atoms with Gasteiger partial charge in [-0.25, -0.2) is 0 Å². The molecule has 0 unspecified atom stereocenters. The van der Waals surface area contributed by atoms with E-state index < -0.39 is 76.6 Å². The standard InChI is InChI=1S/C32H41N3O7.C27H33NO5.C26H32N2O5.C6H11NO3.2CH4.2H2/c1-22(33-29(37)20-35-13-15-41-16-14-35)28(36)19-25(17-24-9-11-26(40-3)12-10-24)31(39)34-27(30(38)32(2)21-42-32)18-23-7-5-4-6-8-23;1-18(2)24(29)16-21(14-20-10-12-22(32-4)13-11-20)26(31)28-23(25(30)27(3)17-33-27)15-19-8-6-5-7-9-19;1-17(27)23(29)15-20(13-19-9-11-21(32-3)12-10-19)25(31)28-22(24(30)26(2)16-33-26)14-18-7-5-4-6-8-18;8-6(9)5-7-1-3-10-4-2-7;;;;/h4-12,22,25,27H,13-21H2,1-3H3,(H,33,37)(H,34,39);5-13,18,21,23H,14-17H2,1-4H3,(H,28,31);4-12,17,20,22H,13-16,27H2,1-3H3,(H,28,31);1-5H2,(H,8,9);2*1H4;2*1H/t22-,25+,27-,32+;21-,23+,27-;17-,20+,22-,26+;;;;;/m010...../s1/i;;;;;;1+1D;1+1. The summed E-state index contributed by atoms with van der Waals surface area (Å²) in [7, 11) is 4.76. The fraction of sp³-hybridized carbons (Fsp3) is 0.495. The van der Waals surface area contributed by atoms with Crippen molar-refractivity contribution >= 4 is 64.3 Å². The minimum atomic E-state index is -0.923. The molecule has 0 aromatic heterocycles. The third-order valence-electron chi connectivity index (χ3n) is 21.4. The van der Waals surface area contributed by atoms with Crippen LogP contribution in [0.1, 0.15) is 120 Å². The van der Waals surface area contributed by atoms with Crippen molar-refractivity contribution in [3.8, 4) is 17.2 Å². The Kier molecular flexibility index (Phi) is 39.0. The number of amides is 4. The molecule has 11 rings (SSSR count). The number of carbonyl (C=O) groups is 11. The summed E-state index contributed by atoms with van der Waals surface area (Å²) >= 11 is 0. The first-order valence-corrected chi connectivity index (χ1v) is 40.3. The van der Waals surface area contributed by atoms with E-state index in [-0.39, 0.29) is 113 Å². The molecule has 0 aliphatic carbocycles. The van der Waals surface area contributed by atoms with E-state index in [1.807, 2.05) is 175 Å². The Labute approximate surface area is 711 Å². The molecule has 5 fully saturated rings. The lowest BCUT2D eigenvalue weighted by Gasteiger charge is -2.27. The zero-order chi connectivity index (χ0) is 87.5. The number of carboxylic acids is 1. The third kappa shape index (κ3) is 32.4.